The summed E-state index contributed by atoms with van der Waals surface area (Å²) in [4.78, 5) is 18.6. The van der Waals surface area contributed by atoms with Crippen LogP contribution in [0.3, 0.4) is 0 Å². The number of benzene rings is 1. The topological polar surface area (TPSA) is 59.4 Å². The van der Waals surface area contributed by atoms with Crippen molar-refractivity contribution < 1.29 is 4.79 Å². The molecule has 1 saturated heterocycles. The Labute approximate surface area is 176 Å². The Morgan fingerprint density at radius 1 is 1.21 bits per heavy atom. The summed E-state index contributed by atoms with van der Waals surface area (Å²) in [7, 11) is 0. The predicted molar refractivity (Wildman–Crippen MR) is 117 cm³/mol. The first-order chi connectivity index (χ1) is 14.1. The maximum Gasteiger partial charge on any atom is 0.239 e. The molecular formula is C23H28N4OS. The zero-order chi connectivity index (χ0) is 20.2. The highest BCUT2D eigenvalue weighted by Gasteiger charge is 2.25. The highest BCUT2D eigenvalue weighted by atomic mass is 32.1. The van der Waals surface area contributed by atoms with Gasteiger partial charge in [0.1, 0.15) is 11.1 Å². The largest absolute Gasteiger partial charge is 0.315 e. The van der Waals surface area contributed by atoms with Gasteiger partial charge < -0.3 is 5.32 Å². The number of hydrogen-bond donors (Lipinski definition) is 1. The Hall–Kier alpha value is -2.20. The van der Waals surface area contributed by atoms with Crippen molar-refractivity contribution in [2.24, 2.45) is 5.92 Å². The van der Waals surface area contributed by atoms with Crippen LogP contribution in [0.5, 0.6) is 0 Å². The molecule has 2 aromatic rings. The van der Waals surface area contributed by atoms with Crippen LogP contribution in [0.2, 0.25) is 0 Å². The van der Waals surface area contributed by atoms with Gasteiger partial charge in [-0.05, 0) is 36.3 Å². The van der Waals surface area contributed by atoms with Crippen molar-refractivity contribution in [1.29, 1.82) is 5.26 Å². The van der Waals surface area contributed by atoms with Crippen LogP contribution in [-0.4, -0.2) is 48.4 Å². The summed E-state index contributed by atoms with van der Waals surface area (Å²) >= 11 is 1.60. The third-order valence-electron chi connectivity index (χ3n) is 5.96. The van der Waals surface area contributed by atoms with Gasteiger partial charge in [-0.1, -0.05) is 37.3 Å². The number of nitrogens with zero attached hydrogens (tertiary/aromatic N) is 3. The zero-order valence-corrected chi connectivity index (χ0v) is 17.8. The first-order valence-electron chi connectivity index (χ1n) is 10.5. The van der Waals surface area contributed by atoms with Gasteiger partial charge in [0.25, 0.3) is 0 Å². The first-order valence-corrected chi connectivity index (χ1v) is 11.3. The van der Waals surface area contributed by atoms with Gasteiger partial charge in [-0.3, -0.25) is 14.6 Å². The van der Waals surface area contributed by atoms with E-state index >= 15 is 0 Å². The van der Waals surface area contributed by atoms with Gasteiger partial charge in [-0.25, -0.2) is 0 Å². The van der Waals surface area contributed by atoms with E-state index in [-0.39, 0.29) is 5.91 Å². The summed E-state index contributed by atoms with van der Waals surface area (Å²) < 4.78 is 0. The summed E-state index contributed by atoms with van der Waals surface area (Å²) in [5.74, 6) is 0.646. The van der Waals surface area contributed by atoms with Gasteiger partial charge in [0.05, 0.1) is 12.1 Å². The lowest BCUT2D eigenvalue weighted by Gasteiger charge is -2.34. The fourth-order valence-electron chi connectivity index (χ4n) is 4.27. The average Bonchev–Trinajstić information content (AvgIpc) is 3.06. The monoisotopic (exact) mass is 408 g/mol. The molecular weight excluding hydrogens is 380 g/mol. The summed E-state index contributed by atoms with van der Waals surface area (Å²) in [5, 5.41) is 13.4. The highest BCUT2D eigenvalue weighted by molar-refractivity contribution is 7.16. The number of nitrogens with one attached hydrogen (secondary N) is 1. The van der Waals surface area contributed by atoms with Crippen LogP contribution < -0.4 is 5.32 Å². The van der Waals surface area contributed by atoms with E-state index in [1.807, 2.05) is 6.07 Å². The molecule has 2 aliphatic rings. The number of thiophene rings is 1. The molecule has 4 rings (SSSR count). The van der Waals surface area contributed by atoms with Crippen LogP contribution in [0.4, 0.5) is 5.00 Å². The number of piperazine rings is 1. The fourth-order valence-corrected chi connectivity index (χ4v) is 5.65. The van der Waals surface area contributed by atoms with E-state index in [4.69, 9.17) is 0 Å². The second kappa shape index (κ2) is 9.08. The van der Waals surface area contributed by atoms with Crippen molar-refractivity contribution >= 4 is 22.2 Å². The van der Waals surface area contributed by atoms with Crippen molar-refractivity contribution in [3.05, 3.63) is 51.9 Å². The Morgan fingerprint density at radius 2 is 1.93 bits per heavy atom. The van der Waals surface area contributed by atoms with Crippen LogP contribution in [0, 0.1) is 17.2 Å². The Bertz CT molecular complexity index is 894. The third kappa shape index (κ3) is 4.87. The molecule has 1 atom stereocenters. The smallest absolute Gasteiger partial charge is 0.239 e. The number of rotatable bonds is 5. The van der Waals surface area contributed by atoms with Crippen molar-refractivity contribution in [3.8, 4) is 6.07 Å². The van der Waals surface area contributed by atoms with Crippen LogP contribution in [0.25, 0.3) is 0 Å². The summed E-state index contributed by atoms with van der Waals surface area (Å²) in [6.07, 6.45) is 3.10. The molecule has 1 aliphatic heterocycles. The lowest BCUT2D eigenvalue weighted by Crippen LogP contribution is -2.48. The summed E-state index contributed by atoms with van der Waals surface area (Å²) in [5.41, 5.74) is 3.19. The standard InChI is InChI=1S/C23H28N4OS/c1-17-7-8-19-20(14-24)23(29-21(19)13-17)25-22(28)16-27-11-9-26(10-12-27)15-18-5-3-2-4-6-18/h2-6,17H,7-13,15-16H2,1H3,(H,25,28). The first kappa shape index (κ1) is 20.1. The van der Waals surface area contributed by atoms with Gasteiger partial charge >= 0.3 is 0 Å². The van der Waals surface area contributed by atoms with Crippen LogP contribution in [0.15, 0.2) is 30.3 Å². The quantitative estimate of drug-likeness (QED) is 0.823. The molecule has 1 aromatic carbocycles. The highest BCUT2D eigenvalue weighted by Crippen LogP contribution is 2.39. The van der Waals surface area contributed by atoms with Crippen LogP contribution in [0.1, 0.15) is 34.9 Å². The van der Waals surface area contributed by atoms with E-state index in [2.05, 4.69) is 52.4 Å². The number of carbonyl (C=O) groups excluding carboxylic acids is 1. The lowest BCUT2D eigenvalue weighted by atomic mass is 9.89. The minimum atomic E-state index is -0.00958. The number of hydrogen-bond acceptors (Lipinski definition) is 5. The molecule has 1 amide bonds. The second-order valence-corrected chi connectivity index (χ2v) is 9.36. The lowest BCUT2D eigenvalue weighted by molar-refractivity contribution is -0.117. The molecule has 0 spiro atoms. The van der Waals surface area contributed by atoms with Crippen LogP contribution >= 0.6 is 11.3 Å². The summed E-state index contributed by atoms with van der Waals surface area (Å²) in [6, 6.07) is 12.9. The molecule has 6 heteroatoms. The normalized spacial score (nSPS) is 20.1. The minimum Gasteiger partial charge on any atom is -0.315 e. The average molecular weight is 409 g/mol. The van der Waals surface area contributed by atoms with E-state index in [0.29, 0.717) is 18.0 Å². The van der Waals surface area contributed by atoms with Gasteiger partial charge in [0.15, 0.2) is 0 Å². The molecule has 0 radical (unpaired) electrons. The Morgan fingerprint density at radius 3 is 2.66 bits per heavy atom. The maximum absolute atomic E-state index is 12.6. The van der Waals surface area contributed by atoms with E-state index in [9.17, 15) is 10.1 Å². The van der Waals surface area contributed by atoms with Crippen molar-refractivity contribution in [1.82, 2.24) is 9.80 Å². The molecule has 29 heavy (non-hydrogen) atoms. The number of anilines is 1. The van der Waals surface area contributed by atoms with E-state index in [0.717, 1.165) is 57.0 Å². The minimum absolute atomic E-state index is 0.00958. The molecule has 0 saturated carbocycles. The zero-order valence-electron chi connectivity index (χ0n) is 17.0. The van der Waals surface area contributed by atoms with E-state index < -0.39 is 0 Å². The van der Waals surface area contributed by atoms with Crippen LogP contribution in [-0.2, 0) is 24.2 Å². The van der Waals surface area contributed by atoms with Gasteiger partial charge in [-0.2, -0.15) is 5.26 Å². The molecule has 1 fully saturated rings. The Balaban J connectivity index is 1.29. The molecule has 0 bridgehead atoms. The molecule has 152 valence electrons. The third-order valence-corrected chi connectivity index (χ3v) is 7.13. The van der Waals surface area contributed by atoms with Crippen molar-refractivity contribution in [3.63, 3.8) is 0 Å². The number of fused-ring (bicyclic) bond motifs is 1. The second-order valence-electron chi connectivity index (χ2n) is 8.25. The Kier molecular flexibility index (Phi) is 6.29. The summed E-state index contributed by atoms with van der Waals surface area (Å²) in [6.45, 7) is 7.33. The molecule has 5 nitrogen and oxygen atoms in total. The molecule has 1 aromatic heterocycles. The molecule has 2 heterocycles. The van der Waals surface area contributed by atoms with E-state index in [1.165, 1.54) is 16.0 Å². The molecule has 1 aliphatic carbocycles. The number of amides is 1. The number of carbonyl (C=O) groups is 1. The fraction of sp³-hybridized carbons (Fsp3) is 0.478. The number of nitriles is 1. The van der Waals surface area contributed by atoms with Gasteiger partial charge in [0.2, 0.25) is 5.91 Å². The maximum atomic E-state index is 12.6. The van der Waals surface area contributed by atoms with E-state index in [1.54, 1.807) is 11.3 Å². The van der Waals surface area contributed by atoms with Gasteiger partial charge in [0, 0.05) is 37.6 Å². The molecule has 1 unspecified atom stereocenters. The predicted octanol–water partition coefficient (Wildman–Crippen LogP) is 3.50. The van der Waals surface area contributed by atoms with Crippen molar-refractivity contribution in [2.45, 2.75) is 32.7 Å². The van der Waals surface area contributed by atoms with Gasteiger partial charge in [-0.15, -0.1) is 11.3 Å². The SMILES string of the molecule is CC1CCc2c(sc(NC(=O)CN3CCN(Cc4ccccc4)CC3)c2C#N)C1. The molecule has 1 N–H and O–H groups in total. The van der Waals surface area contributed by atoms with Crippen molar-refractivity contribution in [2.75, 3.05) is 38.0 Å².